The van der Waals surface area contributed by atoms with E-state index in [4.69, 9.17) is 0 Å². The van der Waals surface area contributed by atoms with Crippen LogP contribution in [0.2, 0.25) is 0 Å². The standard InChI is InChI=1S/C16H12N2/c1-3-7-13(8-4-1)15-11-18-16(12-17-15)14-9-5-2-6-10-14/h1-12H. The van der Waals surface area contributed by atoms with Gasteiger partial charge in [0.1, 0.15) is 0 Å². The second-order valence-electron chi connectivity index (χ2n) is 4.02. The normalized spacial score (nSPS) is 10.2. The zero-order valence-corrected chi connectivity index (χ0v) is 9.82. The first-order valence-corrected chi connectivity index (χ1v) is 5.86. The lowest BCUT2D eigenvalue weighted by atomic mass is 10.1. The molecule has 18 heavy (non-hydrogen) atoms. The molecule has 0 radical (unpaired) electrons. The molecule has 2 heteroatoms. The molecule has 3 rings (SSSR count). The third-order valence-corrected chi connectivity index (χ3v) is 2.79. The first kappa shape index (κ1) is 10.7. The van der Waals surface area contributed by atoms with Gasteiger partial charge in [-0.25, -0.2) is 0 Å². The zero-order valence-electron chi connectivity index (χ0n) is 9.82. The second-order valence-corrected chi connectivity index (χ2v) is 4.02. The van der Waals surface area contributed by atoms with Crippen LogP contribution in [0.3, 0.4) is 0 Å². The third-order valence-electron chi connectivity index (χ3n) is 2.79. The molecular formula is C16H12N2. The van der Waals surface area contributed by atoms with Gasteiger partial charge >= 0.3 is 0 Å². The summed E-state index contributed by atoms with van der Waals surface area (Å²) in [4.78, 5) is 8.93. The van der Waals surface area contributed by atoms with Crippen molar-refractivity contribution in [2.45, 2.75) is 0 Å². The Morgan fingerprint density at radius 3 is 1.22 bits per heavy atom. The molecule has 0 N–H and O–H groups in total. The maximum absolute atomic E-state index is 4.46. The maximum Gasteiger partial charge on any atom is 0.0885 e. The molecule has 0 amide bonds. The molecule has 1 heterocycles. The fourth-order valence-electron chi connectivity index (χ4n) is 1.84. The molecule has 0 fully saturated rings. The van der Waals surface area contributed by atoms with Crippen LogP contribution in [0.1, 0.15) is 0 Å². The minimum Gasteiger partial charge on any atom is -0.252 e. The smallest absolute Gasteiger partial charge is 0.0885 e. The van der Waals surface area contributed by atoms with Crippen molar-refractivity contribution in [1.29, 1.82) is 0 Å². The van der Waals surface area contributed by atoms with Crippen LogP contribution in [0.4, 0.5) is 0 Å². The SMILES string of the molecule is c1ccc(-c2cnc(-c3ccccc3)cn2)cc1. The number of hydrogen-bond donors (Lipinski definition) is 0. The maximum atomic E-state index is 4.46. The van der Waals surface area contributed by atoms with Gasteiger partial charge in [0.05, 0.1) is 23.8 Å². The van der Waals surface area contributed by atoms with Crippen molar-refractivity contribution in [3.63, 3.8) is 0 Å². The van der Waals surface area contributed by atoms with E-state index in [1.807, 2.05) is 73.1 Å². The summed E-state index contributed by atoms with van der Waals surface area (Å²) in [6, 6.07) is 20.1. The highest BCUT2D eigenvalue weighted by molar-refractivity contribution is 5.62. The van der Waals surface area contributed by atoms with Crippen LogP contribution in [-0.2, 0) is 0 Å². The van der Waals surface area contributed by atoms with Gasteiger partial charge in [0.2, 0.25) is 0 Å². The van der Waals surface area contributed by atoms with Gasteiger partial charge in [-0.15, -0.1) is 0 Å². The first-order chi connectivity index (χ1) is 8.93. The highest BCUT2D eigenvalue weighted by Crippen LogP contribution is 2.19. The summed E-state index contributed by atoms with van der Waals surface area (Å²) in [6.45, 7) is 0. The summed E-state index contributed by atoms with van der Waals surface area (Å²) in [5.74, 6) is 0. The van der Waals surface area contributed by atoms with Gasteiger partial charge in [0.25, 0.3) is 0 Å². The van der Waals surface area contributed by atoms with E-state index in [9.17, 15) is 0 Å². The molecule has 0 saturated heterocycles. The minimum atomic E-state index is 0.898. The monoisotopic (exact) mass is 232 g/mol. The Bertz CT molecular complexity index is 558. The van der Waals surface area contributed by atoms with Crippen molar-refractivity contribution in [3.05, 3.63) is 73.1 Å². The molecule has 0 atom stereocenters. The van der Waals surface area contributed by atoms with Crippen LogP contribution in [0.5, 0.6) is 0 Å². The van der Waals surface area contributed by atoms with Crippen molar-refractivity contribution in [2.75, 3.05) is 0 Å². The van der Waals surface area contributed by atoms with Gasteiger partial charge in [-0.3, -0.25) is 9.97 Å². The second kappa shape index (κ2) is 4.80. The molecule has 0 spiro atoms. The Hall–Kier alpha value is -2.48. The summed E-state index contributed by atoms with van der Waals surface area (Å²) in [5.41, 5.74) is 3.97. The fraction of sp³-hybridized carbons (Fsp3) is 0. The van der Waals surface area contributed by atoms with Crippen molar-refractivity contribution < 1.29 is 0 Å². The number of benzene rings is 2. The summed E-state index contributed by atoms with van der Waals surface area (Å²) >= 11 is 0. The van der Waals surface area contributed by atoms with E-state index in [-0.39, 0.29) is 0 Å². The van der Waals surface area contributed by atoms with Crippen LogP contribution < -0.4 is 0 Å². The van der Waals surface area contributed by atoms with Gasteiger partial charge < -0.3 is 0 Å². The molecule has 0 aliphatic carbocycles. The highest BCUT2D eigenvalue weighted by Gasteiger charge is 2.01. The quantitative estimate of drug-likeness (QED) is 0.671. The number of aromatic nitrogens is 2. The van der Waals surface area contributed by atoms with Crippen molar-refractivity contribution in [2.24, 2.45) is 0 Å². The molecular weight excluding hydrogens is 220 g/mol. The Morgan fingerprint density at radius 1 is 0.500 bits per heavy atom. The van der Waals surface area contributed by atoms with Crippen LogP contribution in [0.15, 0.2) is 73.1 Å². The van der Waals surface area contributed by atoms with Crippen LogP contribution in [0, 0.1) is 0 Å². The van der Waals surface area contributed by atoms with Gasteiger partial charge in [-0.1, -0.05) is 60.7 Å². The fourth-order valence-corrected chi connectivity index (χ4v) is 1.84. The number of rotatable bonds is 2. The van der Waals surface area contributed by atoms with E-state index in [2.05, 4.69) is 9.97 Å². The zero-order chi connectivity index (χ0) is 12.2. The lowest BCUT2D eigenvalue weighted by Gasteiger charge is -2.02. The summed E-state index contributed by atoms with van der Waals surface area (Å²) in [7, 11) is 0. The van der Waals surface area contributed by atoms with Crippen LogP contribution >= 0.6 is 0 Å². The van der Waals surface area contributed by atoms with Gasteiger partial charge in [0.15, 0.2) is 0 Å². The van der Waals surface area contributed by atoms with E-state index in [0.717, 1.165) is 22.5 Å². The Labute approximate surface area is 106 Å². The van der Waals surface area contributed by atoms with Gasteiger partial charge in [-0.05, 0) is 0 Å². The highest BCUT2D eigenvalue weighted by atomic mass is 14.8. The molecule has 1 aromatic heterocycles. The lowest BCUT2D eigenvalue weighted by molar-refractivity contribution is 1.21. The first-order valence-electron chi connectivity index (χ1n) is 5.86. The topological polar surface area (TPSA) is 25.8 Å². The van der Waals surface area contributed by atoms with Crippen LogP contribution in [-0.4, -0.2) is 9.97 Å². The van der Waals surface area contributed by atoms with E-state index in [1.165, 1.54) is 0 Å². The molecule has 0 saturated carbocycles. The van der Waals surface area contributed by atoms with Crippen molar-refractivity contribution in [1.82, 2.24) is 9.97 Å². The minimum absolute atomic E-state index is 0.898. The Morgan fingerprint density at radius 2 is 0.889 bits per heavy atom. The van der Waals surface area contributed by atoms with Crippen LogP contribution in [0.25, 0.3) is 22.5 Å². The molecule has 3 aromatic rings. The average molecular weight is 232 g/mol. The van der Waals surface area contributed by atoms with E-state index in [1.54, 1.807) is 0 Å². The molecule has 0 unspecified atom stereocenters. The Kier molecular flexibility index (Phi) is 2.84. The van der Waals surface area contributed by atoms with E-state index >= 15 is 0 Å². The Balaban J connectivity index is 1.95. The lowest BCUT2D eigenvalue weighted by Crippen LogP contribution is -1.88. The molecule has 0 aliphatic rings. The molecule has 0 aliphatic heterocycles. The average Bonchev–Trinajstić information content (AvgIpc) is 2.49. The predicted octanol–water partition coefficient (Wildman–Crippen LogP) is 3.81. The van der Waals surface area contributed by atoms with Crippen molar-refractivity contribution in [3.8, 4) is 22.5 Å². The predicted molar refractivity (Wildman–Crippen MR) is 72.9 cm³/mol. The number of nitrogens with zero attached hydrogens (tertiary/aromatic N) is 2. The summed E-state index contributed by atoms with van der Waals surface area (Å²) < 4.78 is 0. The molecule has 86 valence electrons. The van der Waals surface area contributed by atoms with E-state index < -0.39 is 0 Å². The summed E-state index contributed by atoms with van der Waals surface area (Å²) in [6.07, 6.45) is 3.63. The van der Waals surface area contributed by atoms with Gasteiger partial charge in [0, 0.05) is 11.1 Å². The van der Waals surface area contributed by atoms with Crippen molar-refractivity contribution >= 4 is 0 Å². The molecule has 2 aromatic carbocycles. The number of hydrogen-bond acceptors (Lipinski definition) is 2. The van der Waals surface area contributed by atoms with E-state index in [0.29, 0.717) is 0 Å². The largest absolute Gasteiger partial charge is 0.252 e. The molecule has 0 bridgehead atoms. The third kappa shape index (κ3) is 2.13. The summed E-state index contributed by atoms with van der Waals surface area (Å²) in [5, 5.41) is 0. The molecule has 2 nitrogen and oxygen atoms in total. The van der Waals surface area contributed by atoms with Gasteiger partial charge in [-0.2, -0.15) is 0 Å².